The fraction of sp³-hybridized carbons (Fsp3) is 0.333. The van der Waals surface area contributed by atoms with Crippen LogP contribution in [0.1, 0.15) is 31.2 Å². The molecule has 1 heterocycles. The van der Waals surface area contributed by atoms with E-state index in [4.69, 9.17) is 4.74 Å². The van der Waals surface area contributed by atoms with Gasteiger partial charge in [-0.25, -0.2) is 0 Å². The third-order valence-corrected chi connectivity index (χ3v) is 5.16. The summed E-state index contributed by atoms with van der Waals surface area (Å²) in [5.74, 6) is 1.14. The van der Waals surface area contributed by atoms with Crippen LogP contribution in [0.25, 0.3) is 0 Å². The van der Waals surface area contributed by atoms with E-state index >= 15 is 0 Å². The average Bonchev–Trinajstić information content (AvgIpc) is 2.87. The molecule has 2 aliphatic rings. The highest BCUT2D eigenvalue weighted by atomic mass is 16.5. The molecule has 2 amide bonds. The van der Waals surface area contributed by atoms with E-state index in [0.717, 1.165) is 37.0 Å². The van der Waals surface area contributed by atoms with Gasteiger partial charge in [-0.15, -0.1) is 0 Å². The highest BCUT2D eigenvalue weighted by Crippen LogP contribution is 2.40. The number of hydrogen-bond donors (Lipinski definition) is 0. The highest BCUT2D eigenvalue weighted by molar-refractivity contribution is 6.22. The van der Waals surface area contributed by atoms with E-state index in [9.17, 15) is 9.59 Å². The standard InChI is InChI=1S/C21H21NO3/c1-14-5-4-6-17(13-14)25-16-11-9-15(10-12-16)22-20(23)18-7-2-3-8-19(18)21(22)24/h4-6,9-13,18-19H,2-3,7-8H2,1H3/t18-,19-/m1/s1. The summed E-state index contributed by atoms with van der Waals surface area (Å²) >= 11 is 0. The number of nitrogens with zero attached hydrogens (tertiary/aromatic N) is 1. The van der Waals surface area contributed by atoms with Crippen LogP contribution >= 0.6 is 0 Å². The number of fused-ring (bicyclic) bond motifs is 1. The Morgan fingerprint density at radius 3 is 2.12 bits per heavy atom. The van der Waals surface area contributed by atoms with Crippen molar-refractivity contribution >= 4 is 17.5 Å². The Balaban J connectivity index is 1.54. The van der Waals surface area contributed by atoms with Gasteiger partial charge in [0.05, 0.1) is 17.5 Å². The minimum absolute atomic E-state index is 0.0398. The molecule has 25 heavy (non-hydrogen) atoms. The van der Waals surface area contributed by atoms with E-state index in [1.807, 2.05) is 31.2 Å². The number of carbonyl (C=O) groups excluding carboxylic acids is 2. The molecular formula is C21H21NO3. The van der Waals surface area contributed by atoms with Crippen LogP contribution in [0.2, 0.25) is 0 Å². The molecule has 1 saturated heterocycles. The van der Waals surface area contributed by atoms with Gasteiger partial charge in [-0.05, 0) is 61.7 Å². The maximum atomic E-state index is 12.6. The zero-order valence-electron chi connectivity index (χ0n) is 14.3. The third-order valence-electron chi connectivity index (χ3n) is 5.16. The molecule has 0 radical (unpaired) electrons. The molecule has 1 saturated carbocycles. The molecule has 128 valence electrons. The lowest BCUT2D eigenvalue weighted by Gasteiger charge is -2.19. The molecule has 0 spiro atoms. The van der Waals surface area contributed by atoms with Crippen molar-refractivity contribution in [2.45, 2.75) is 32.6 Å². The van der Waals surface area contributed by atoms with Crippen molar-refractivity contribution < 1.29 is 14.3 Å². The van der Waals surface area contributed by atoms with Gasteiger partial charge >= 0.3 is 0 Å². The van der Waals surface area contributed by atoms with Crippen LogP contribution in [-0.4, -0.2) is 11.8 Å². The largest absolute Gasteiger partial charge is 0.457 e. The summed E-state index contributed by atoms with van der Waals surface area (Å²) in [6.45, 7) is 2.01. The molecule has 0 bridgehead atoms. The molecule has 2 atom stereocenters. The van der Waals surface area contributed by atoms with E-state index in [-0.39, 0.29) is 23.7 Å². The Kier molecular flexibility index (Phi) is 4.04. The number of anilines is 1. The Bertz CT molecular complexity index is 788. The zero-order chi connectivity index (χ0) is 17.4. The number of rotatable bonds is 3. The van der Waals surface area contributed by atoms with Gasteiger partial charge in [0.1, 0.15) is 11.5 Å². The fourth-order valence-corrected chi connectivity index (χ4v) is 3.89. The minimum atomic E-state index is -0.121. The fourth-order valence-electron chi connectivity index (χ4n) is 3.89. The Labute approximate surface area is 147 Å². The molecular weight excluding hydrogens is 314 g/mol. The molecule has 0 N–H and O–H groups in total. The van der Waals surface area contributed by atoms with Crippen LogP contribution in [0.5, 0.6) is 11.5 Å². The van der Waals surface area contributed by atoms with Crippen LogP contribution in [0.3, 0.4) is 0 Å². The van der Waals surface area contributed by atoms with E-state index in [2.05, 4.69) is 0 Å². The first-order valence-corrected chi connectivity index (χ1v) is 8.86. The van der Waals surface area contributed by atoms with Crippen molar-refractivity contribution in [3.63, 3.8) is 0 Å². The topological polar surface area (TPSA) is 46.6 Å². The summed E-state index contributed by atoms with van der Waals surface area (Å²) in [4.78, 5) is 26.6. The van der Waals surface area contributed by atoms with E-state index in [0.29, 0.717) is 11.4 Å². The van der Waals surface area contributed by atoms with Crippen LogP contribution in [0.15, 0.2) is 48.5 Å². The molecule has 4 nitrogen and oxygen atoms in total. The first-order valence-electron chi connectivity index (χ1n) is 8.86. The van der Waals surface area contributed by atoms with E-state index < -0.39 is 0 Å². The summed E-state index contributed by atoms with van der Waals surface area (Å²) in [5, 5.41) is 0. The maximum absolute atomic E-state index is 12.6. The van der Waals surface area contributed by atoms with Gasteiger partial charge in [0.15, 0.2) is 0 Å². The lowest BCUT2D eigenvalue weighted by Crippen LogP contribution is -2.30. The van der Waals surface area contributed by atoms with E-state index in [1.165, 1.54) is 4.90 Å². The summed E-state index contributed by atoms with van der Waals surface area (Å²) in [7, 11) is 0. The SMILES string of the molecule is Cc1cccc(Oc2ccc(N3C(=O)[C@@H]4CCCC[C@H]4C3=O)cc2)c1. The molecule has 0 unspecified atom stereocenters. The summed E-state index contributed by atoms with van der Waals surface area (Å²) in [5.41, 5.74) is 1.77. The van der Waals surface area contributed by atoms with Gasteiger partial charge in [0.2, 0.25) is 11.8 Å². The normalized spacial score (nSPS) is 22.8. The molecule has 2 fully saturated rings. The van der Waals surface area contributed by atoms with Crippen molar-refractivity contribution in [3.05, 3.63) is 54.1 Å². The molecule has 1 aliphatic heterocycles. The Morgan fingerprint density at radius 1 is 0.880 bits per heavy atom. The van der Waals surface area contributed by atoms with Crippen molar-refractivity contribution in [2.75, 3.05) is 4.90 Å². The average molecular weight is 335 g/mol. The van der Waals surface area contributed by atoms with Crippen LogP contribution in [0.4, 0.5) is 5.69 Å². The first kappa shape index (κ1) is 15.9. The highest BCUT2D eigenvalue weighted by Gasteiger charge is 2.48. The van der Waals surface area contributed by atoms with Crippen molar-refractivity contribution in [2.24, 2.45) is 11.8 Å². The first-order chi connectivity index (χ1) is 12.1. The number of aryl methyl sites for hydroxylation is 1. The number of carbonyl (C=O) groups is 2. The molecule has 4 heteroatoms. The van der Waals surface area contributed by atoms with Gasteiger partial charge < -0.3 is 4.74 Å². The van der Waals surface area contributed by atoms with Gasteiger partial charge in [0, 0.05) is 0 Å². The second kappa shape index (κ2) is 6.36. The van der Waals surface area contributed by atoms with Crippen LogP contribution in [-0.2, 0) is 9.59 Å². The van der Waals surface area contributed by atoms with Crippen LogP contribution in [0, 0.1) is 18.8 Å². The predicted octanol–water partition coefficient (Wildman–Crippen LogP) is 4.47. The molecule has 0 aromatic heterocycles. The summed E-state index contributed by atoms with van der Waals surface area (Å²) in [6.07, 6.45) is 3.75. The number of amides is 2. The van der Waals surface area contributed by atoms with Gasteiger partial charge in [-0.2, -0.15) is 0 Å². The number of imide groups is 1. The lowest BCUT2D eigenvalue weighted by molar-refractivity contribution is -0.122. The molecule has 2 aromatic carbocycles. The van der Waals surface area contributed by atoms with Gasteiger partial charge in [-0.3, -0.25) is 14.5 Å². The summed E-state index contributed by atoms with van der Waals surface area (Å²) in [6, 6.07) is 15.0. The van der Waals surface area contributed by atoms with Gasteiger partial charge in [-0.1, -0.05) is 25.0 Å². The van der Waals surface area contributed by atoms with Crippen molar-refractivity contribution in [1.82, 2.24) is 0 Å². The van der Waals surface area contributed by atoms with Crippen molar-refractivity contribution in [3.8, 4) is 11.5 Å². The number of hydrogen-bond acceptors (Lipinski definition) is 3. The minimum Gasteiger partial charge on any atom is -0.457 e. The molecule has 1 aliphatic carbocycles. The van der Waals surface area contributed by atoms with Gasteiger partial charge in [0.25, 0.3) is 0 Å². The third kappa shape index (κ3) is 2.93. The second-order valence-electron chi connectivity index (χ2n) is 6.92. The number of benzene rings is 2. The monoisotopic (exact) mass is 335 g/mol. The smallest absolute Gasteiger partial charge is 0.237 e. The molecule has 4 rings (SSSR count). The quantitative estimate of drug-likeness (QED) is 0.778. The van der Waals surface area contributed by atoms with E-state index in [1.54, 1.807) is 24.3 Å². The van der Waals surface area contributed by atoms with Crippen molar-refractivity contribution in [1.29, 1.82) is 0 Å². The summed E-state index contributed by atoms with van der Waals surface area (Å²) < 4.78 is 5.84. The zero-order valence-corrected chi connectivity index (χ0v) is 14.3. The Morgan fingerprint density at radius 2 is 1.52 bits per heavy atom. The predicted molar refractivity (Wildman–Crippen MR) is 95.6 cm³/mol. The Hall–Kier alpha value is -2.62. The second-order valence-corrected chi connectivity index (χ2v) is 6.92. The lowest BCUT2D eigenvalue weighted by atomic mass is 9.81. The van der Waals surface area contributed by atoms with Crippen LogP contribution < -0.4 is 9.64 Å². The molecule has 2 aromatic rings. The maximum Gasteiger partial charge on any atom is 0.237 e. The number of ether oxygens (including phenoxy) is 1.